The van der Waals surface area contributed by atoms with Crippen LogP contribution in [0.1, 0.15) is 17.0 Å². The van der Waals surface area contributed by atoms with Gasteiger partial charge in [0.1, 0.15) is 17.3 Å². The molecule has 0 aliphatic carbocycles. The second kappa shape index (κ2) is 7.55. The third-order valence-electron chi connectivity index (χ3n) is 5.39. The second-order valence-corrected chi connectivity index (χ2v) is 7.56. The number of nitrogens with zero attached hydrogens (tertiary/aromatic N) is 5. The number of benzene rings is 1. The van der Waals surface area contributed by atoms with Gasteiger partial charge in [-0.1, -0.05) is 0 Å². The molecule has 0 aliphatic rings. The molecule has 0 saturated carbocycles. The maximum absolute atomic E-state index is 13.6. The van der Waals surface area contributed by atoms with Crippen molar-refractivity contribution in [2.75, 3.05) is 5.73 Å². The zero-order valence-electron chi connectivity index (χ0n) is 17.7. The Bertz CT molecular complexity index is 1630. The van der Waals surface area contributed by atoms with Gasteiger partial charge in [-0.25, -0.2) is 28.2 Å². The Morgan fingerprint density at radius 1 is 1.15 bits per heavy atom. The molecule has 0 aliphatic heterocycles. The summed E-state index contributed by atoms with van der Waals surface area (Å²) in [5.41, 5.74) is 8.66. The fourth-order valence-corrected chi connectivity index (χ4v) is 3.65. The number of aromatic amines is 1. The molecule has 10 nitrogen and oxygen atoms in total. The van der Waals surface area contributed by atoms with E-state index in [-0.39, 0.29) is 23.7 Å². The van der Waals surface area contributed by atoms with Gasteiger partial charge in [0.05, 0.1) is 17.8 Å². The standard InChI is InChI=1S/C22H18FN7O3/c1-11-7-14(8-25-20(11)31)17-18(13-3-5-15(23)6-4-13)27-21(24)30-19(17)28-29(22(30)32)9-16-12(2)33-10-26-16/h3-8,10H,9H2,1-2H3,(H2,24,27)(H,25,31). The number of nitrogens with two attached hydrogens (primary N) is 1. The molecule has 33 heavy (non-hydrogen) atoms. The minimum Gasteiger partial charge on any atom is -0.448 e. The average molecular weight is 447 g/mol. The Balaban J connectivity index is 1.84. The monoisotopic (exact) mass is 447 g/mol. The second-order valence-electron chi connectivity index (χ2n) is 7.56. The summed E-state index contributed by atoms with van der Waals surface area (Å²) in [6.07, 6.45) is 2.81. The van der Waals surface area contributed by atoms with Crippen molar-refractivity contribution < 1.29 is 8.81 Å². The molecule has 0 spiro atoms. The molecule has 5 rings (SSSR count). The highest BCUT2D eigenvalue weighted by molar-refractivity contribution is 5.90. The first kappa shape index (κ1) is 20.4. The van der Waals surface area contributed by atoms with Gasteiger partial charge in [-0.15, -0.1) is 5.10 Å². The molecule has 11 heteroatoms. The predicted molar refractivity (Wildman–Crippen MR) is 118 cm³/mol. The molecular weight excluding hydrogens is 429 g/mol. The molecule has 0 unspecified atom stereocenters. The molecule has 0 saturated heterocycles. The first-order valence-corrected chi connectivity index (χ1v) is 9.97. The number of hydrogen-bond acceptors (Lipinski definition) is 7. The smallest absolute Gasteiger partial charge is 0.353 e. The number of aromatic nitrogens is 6. The van der Waals surface area contributed by atoms with Crippen molar-refractivity contribution in [1.82, 2.24) is 29.1 Å². The van der Waals surface area contributed by atoms with E-state index in [2.05, 4.69) is 20.1 Å². The quantitative estimate of drug-likeness (QED) is 0.431. The van der Waals surface area contributed by atoms with E-state index in [1.54, 1.807) is 32.0 Å². The van der Waals surface area contributed by atoms with E-state index in [9.17, 15) is 14.0 Å². The molecule has 4 aromatic heterocycles. The van der Waals surface area contributed by atoms with Crippen molar-refractivity contribution in [2.24, 2.45) is 0 Å². The zero-order chi connectivity index (χ0) is 23.3. The summed E-state index contributed by atoms with van der Waals surface area (Å²) in [5.74, 6) is 0.0774. The highest BCUT2D eigenvalue weighted by Crippen LogP contribution is 2.34. The van der Waals surface area contributed by atoms with Gasteiger partial charge in [0, 0.05) is 22.9 Å². The van der Waals surface area contributed by atoms with Crippen LogP contribution in [0.15, 0.2) is 56.9 Å². The minimum atomic E-state index is -0.509. The molecule has 3 N–H and O–H groups in total. The number of aryl methyl sites for hydroxylation is 2. The first-order valence-electron chi connectivity index (χ1n) is 9.97. The number of nitrogen functional groups attached to an aromatic ring is 1. The van der Waals surface area contributed by atoms with Crippen molar-refractivity contribution in [3.05, 3.63) is 86.6 Å². The lowest BCUT2D eigenvalue weighted by Crippen LogP contribution is -2.24. The number of H-pyrrole nitrogens is 1. The van der Waals surface area contributed by atoms with Gasteiger partial charge in [-0.3, -0.25) is 4.79 Å². The van der Waals surface area contributed by atoms with Gasteiger partial charge in [0.15, 0.2) is 12.0 Å². The van der Waals surface area contributed by atoms with Crippen LogP contribution in [0.2, 0.25) is 0 Å². The largest absolute Gasteiger partial charge is 0.448 e. The fourth-order valence-electron chi connectivity index (χ4n) is 3.65. The molecule has 166 valence electrons. The molecule has 1 aromatic carbocycles. The van der Waals surface area contributed by atoms with E-state index >= 15 is 0 Å². The highest BCUT2D eigenvalue weighted by Gasteiger charge is 2.22. The Hall–Kier alpha value is -4.54. The predicted octanol–water partition coefficient (Wildman–Crippen LogP) is 2.29. The molecule has 0 amide bonds. The molecule has 5 aromatic rings. The van der Waals surface area contributed by atoms with E-state index in [1.165, 1.54) is 33.8 Å². The number of pyridine rings is 1. The van der Waals surface area contributed by atoms with Crippen LogP contribution < -0.4 is 17.0 Å². The van der Waals surface area contributed by atoms with Crippen LogP contribution in [0.3, 0.4) is 0 Å². The van der Waals surface area contributed by atoms with E-state index in [0.717, 1.165) is 0 Å². The van der Waals surface area contributed by atoms with Crippen LogP contribution in [-0.2, 0) is 6.54 Å². The number of anilines is 1. The number of oxazole rings is 1. The lowest BCUT2D eigenvalue weighted by atomic mass is 10.0. The summed E-state index contributed by atoms with van der Waals surface area (Å²) in [4.78, 5) is 36.4. The van der Waals surface area contributed by atoms with Gasteiger partial charge in [0.25, 0.3) is 5.56 Å². The van der Waals surface area contributed by atoms with Crippen LogP contribution in [0, 0.1) is 19.7 Å². The summed E-state index contributed by atoms with van der Waals surface area (Å²) in [6.45, 7) is 3.47. The third-order valence-corrected chi connectivity index (χ3v) is 5.39. The van der Waals surface area contributed by atoms with Crippen LogP contribution >= 0.6 is 0 Å². The van der Waals surface area contributed by atoms with Crippen LogP contribution in [0.4, 0.5) is 10.3 Å². The minimum absolute atomic E-state index is 0.0677. The van der Waals surface area contributed by atoms with Crippen molar-refractivity contribution in [3.63, 3.8) is 0 Å². The summed E-state index contributed by atoms with van der Waals surface area (Å²) >= 11 is 0. The molecule has 0 atom stereocenters. The Morgan fingerprint density at radius 3 is 2.58 bits per heavy atom. The van der Waals surface area contributed by atoms with Crippen molar-refractivity contribution >= 4 is 11.6 Å². The summed E-state index contributed by atoms with van der Waals surface area (Å²) in [6, 6.07) is 7.40. The number of fused-ring (bicyclic) bond motifs is 1. The molecule has 0 radical (unpaired) electrons. The average Bonchev–Trinajstić information content (AvgIpc) is 3.34. The van der Waals surface area contributed by atoms with Crippen molar-refractivity contribution in [3.8, 4) is 22.4 Å². The molecular formula is C22H18FN7O3. The topological polar surface area (TPSA) is 137 Å². The van der Waals surface area contributed by atoms with E-state index < -0.39 is 11.5 Å². The molecule has 0 fully saturated rings. The Morgan fingerprint density at radius 2 is 1.91 bits per heavy atom. The lowest BCUT2D eigenvalue weighted by molar-refractivity contribution is 0.521. The number of nitrogens with one attached hydrogen (secondary N) is 1. The number of rotatable bonds is 4. The van der Waals surface area contributed by atoms with Gasteiger partial charge in [-0.2, -0.15) is 0 Å². The maximum atomic E-state index is 13.6. The van der Waals surface area contributed by atoms with Gasteiger partial charge >= 0.3 is 5.69 Å². The van der Waals surface area contributed by atoms with Crippen molar-refractivity contribution in [2.45, 2.75) is 20.4 Å². The van der Waals surface area contributed by atoms with E-state index in [4.69, 9.17) is 10.2 Å². The SMILES string of the molecule is Cc1ocnc1Cn1nc2c(-c3c[nH]c(=O)c(C)c3)c(-c3ccc(F)cc3)nc(N)n2c1=O. The normalized spacial score (nSPS) is 11.4. The van der Waals surface area contributed by atoms with E-state index in [0.29, 0.717) is 39.4 Å². The number of hydrogen-bond donors (Lipinski definition) is 2. The first-order chi connectivity index (χ1) is 15.8. The van der Waals surface area contributed by atoms with Gasteiger partial charge in [0.2, 0.25) is 5.95 Å². The summed E-state index contributed by atoms with van der Waals surface area (Å²) in [5, 5.41) is 4.52. The Kier molecular flexibility index (Phi) is 4.66. The van der Waals surface area contributed by atoms with Gasteiger partial charge in [-0.05, 0) is 44.2 Å². The third kappa shape index (κ3) is 3.39. The molecule has 0 bridgehead atoms. The molecule has 4 heterocycles. The summed E-state index contributed by atoms with van der Waals surface area (Å²) < 4.78 is 21.2. The fraction of sp³-hybridized carbons (Fsp3) is 0.136. The number of halogens is 1. The lowest BCUT2D eigenvalue weighted by Gasteiger charge is -2.12. The van der Waals surface area contributed by atoms with Crippen LogP contribution in [-0.4, -0.2) is 29.1 Å². The van der Waals surface area contributed by atoms with E-state index in [1.807, 2.05) is 0 Å². The van der Waals surface area contributed by atoms with Crippen LogP contribution in [0.5, 0.6) is 0 Å². The van der Waals surface area contributed by atoms with Crippen molar-refractivity contribution in [1.29, 1.82) is 0 Å². The summed E-state index contributed by atoms with van der Waals surface area (Å²) in [7, 11) is 0. The van der Waals surface area contributed by atoms with Crippen LogP contribution in [0.25, 0.3) is 28.0 Å². The maximum Gasteiger partial charge on any atom is 0.353 e. The Labute approximate surface area is 185 Å². The zero-order valence-corrected chi connectivity index (χ0v) is 17.7. The van der Waals surface area contributed by atoms with Gasteiger partial charge < -0.3 is 15.1 Å². The highest BCUT2D eigenvalue weighted by atomic mass is 19.1.